The molecule has 1 aliphatic heterocycles. The van der Waals surface area contributed by atoms with Crippen LogP contribution in [0.2, 0.25) is 0 Å². The summed E-state index contributed by atoms with van der Waals surface area (Å²) in [6.07, 6.45) is 5.55. The van der Waals surface area contributed by atoms with E-state index in [4.69, 9.17) is 0 Å². The van der Waals surface area contributed by atoms with Crippen molar-refractivity contribution in [1.82, 2.24) is 28.9 Å². The Labute approximate surface area is 156 Å². The zero-order valence-corrected chi connectivity index (χ0v) is 15.5. The van der Waals surface area contributed by atoms with Crippen molar-refractivity contribution >= 4 is 16.6 Å². The summed E-state index contributed by atoms with van der Waals surface area (Å²) in [6.45, 7) is 4.10. The van der Waals surface area contributed by atoms with Crippen LogP contribution in [0.5, 0.6) is 0 Å². The molecule has 4 heterocycles. The molecule has 0 unspecified atom stereocenters. The van der Waals surface area contributed by atoms with Gasteiger partial charge in [0.05, 0.1) is 34.6 Å². The number of benzene rings is 1. The van der Waals surface area contributed by atoms with Crippen LogP contribution in [0.15, 0.2) is 47.5 Å². The third-order valence-corrected chi connectivity index (χ3v) is 5.62. The first kappa shape index (κ1) is 16.3. The van der Waals surface area contributed by atoms with Crippen molar-refractivity contribution < 1.29 is 0 Å². The summed E-state index contributed by atoms with van der Waals surface area (Å²) in [7, 11) is 2.14. The topological polar surface area (TPSA) is 60.4 Å². The third-order valence-electron chi connectivity index (χ3n) is 5.62. The minimum Gasteiger partial charge on any atom is -0.306 e. The molecule has 4 aromatic rings. The van der Waals surface area contributed by atoms with E-state index in [9.17, 15) is 4.79 Å². The maximum absolute atomic E-state index is 13.5. The van der Waals surface area contributed by atoms with Crippen molar-refractivity contribution in [2.24, 2.45) is 0 Å². The van der Waals surface area contributed by atoms with E-state index in [-0.39, 0.29) is 11.7 Å². The molecule has 1 aromatic carbocycles. The highest BCUT2D eigenvalue weighted by Gasteiger charge is 2.24. The molecule has 5 rings (SSSR count). The van der Waals surface area contributed by atoms with Crippen LogP contribution in [-0.4, -0.2) is 49.0 Å². The number of nitrogens with zero attached hydrogens (tertiary/aromatic N) is 6. The number of fused-ring (bicyclic) bond motifs is 2. The number of aryl methyl sites for hydroxylation is 1. The van der Waals surface area contributed by atoms with Crippen LogP contribution in [0, 0.1) is 6.92 Å². The standard InChI is InChI=1S/C20H22N6O/c1-14-3-6-18-19(11-14)25(15-7-9-23(2)10-8-15)20(27)26(18)17-5-4-16-12-21-22-24(16)13-17/h3-6,11-13,15H,7-10H2,1-2H3. The van der Waals surface area contributed by atoms with E-state index in [1.807, 2.05) is 29.0 Å². The summed E-state index contributed by atoms with van der Waals surface area (Å²) < 4.78 is 5.50. The van der Waals surface area contributed by atoms with E-state index in [1.54, 1.807) is 15.3 Å². The molecule has 0 spiro atoms. The number of rotatable bonds is 2. The molecule has 1 aliphatic rings. The molecule has 1 saturated heterocycles. The zero-order chi connectivity index (χ0) is 18.5. The van der Waals surface area contributed by atoms with Crippen molar-refractivity contribution in [3.63, 3.8) is 0 Å². The van der Waals surface area contributed by atoms with E-state index in [0.717, 1.165) is 53.7 Å². The predicted octanol–water partition coefficient (Wildman–Crippen LogP) is 2.41. The molecule has 0 aliphatic carbocycles. The van der Waals surface area contributed by atoms with E-state index in [2.05, 4.69) is 41.3 Å². The molecule has 0 amide bonds. The number of hydrogen-bond acceptors (Lipinski definition) is 4. The fraction of sp³-hybridized carbons (Fsp3) is 0.350. The van der Waals surface area contributed by atoms with Gasteiger partial charge >= 0.3 is 5.69 Å². The Hall–Kier alpha value is -2.93. The minimum absolute atomic E-state index is 0.0182. The normalized spacial score (nSPS) is 16.5. The molecular formula is C20H22N6O. The van der Waals surface area contributed by atoms with E-state index >= 15 is 0 Å². The van der Waals surface area contributed by atoms with Gasteiger partial charge in [-0.3, -0.25) is 9.13 Å². The van der Waals surface area contributed by atoms with Gasteiger partial charge in [-0.05, 0) is 69.7 Å². The molecule has 0 atom stereocenters. The summed E-state index contributed by atoms with van der Waals surface area (Å²) in [5.74, 6) is 0. The number of aromatic nitrogens is 5. The second-order valence-corrected chi connectivity index (χ2v) is 7.51. The third kappa shape index (κ3) is 2.57. The molecule has 0 N–H and O–H groups in total. The monoisotopic (exact) mass is 362 g/mol. The van der Waals surface area contributed by atoms with Gasteiger partial charge in [0, 0.05) is 6.04 Å². The van der Waals surface area contributed by atoms with Gasteiger partial charge < -0.3 is 4.90 Å². The first-order valence-corrected chi connectivity index (χ1v) is 9.34. The number of imidazole rings is 1. The molecule has 0 bridgehead atoms. The fourth-order valence-corrected chi connectivity index (χ4v) is 4.13. The van der Waals surface area contributed by atoms with Gasteiger partial charge in [-0.1, -0.05) is 11.3 Å². The maximum atomic E-state index is 13.5. The fourth-order valence-electron chi connectivity index (χ4n) is 4.13. The van der Waals surface area contributed by atoms with E-state index in [1.165, 1.54) is 0 Å². The number of hydrogen-bond donors (Lipinski definition) is 0. The van der Waals surface area contributed by atoms with E-state index in [0.29, 0.717) is 0 Å². The van der Waals surface area contributed by atoms with Crippen molar-refractivity contribution in [2.75, 3.05) is 20.1 Å². The van der Waals surface area contributed by atoms with Gasteiger partial charge in [-0.15, -0.1) is 5.10 Å². The second-order valence-electron chi connectivity index (χ2n) is 7.51. The van der Waals surface area contributed by atoms with Gasteiger partial charge in [0.15, 0.2) is 0 Å². The highest BCUT2D eigenvalue weighted by molar-refractivity contribution is 5.79. The maximum Gasteiger partial charge on any atom is 0.334 e. The second kappa shape index (κ2) is 6.06. The van der Waals surface area contributed by atoms with Crippen molar-refractivity contribution in [3.8, 4) is 5.69 Å². The van der Waals surface area contributed by atoms with E-state index < -0.39 is 0 Å². The van der Waals surface area contributed by atoms with Crippen LogP contribution in [-0.2, 0) is 0 Å². The first-order valence-electron chi connectivity index (χ1n) is 9.34. The Kier molecular flexibility index (Phi) is 3.65. The van der Waals surface area contributed by atoms with Gasteiger partial charge in [0.2, 0.25) is 0 Å². The SMILES string of the molecule is Cc1ccc2c(c1)n(C1CCN(C)CC1)c(=O)n2-c1ccc2cnnn2c1. The quantitative estimate of drug-likeness (QED) is 0.549. The number of pyridine rings is 1. The lowest BCUT2D eigenvalue weighted by Crippen LogP contribution is -2.35. The van der Waals surface area contributed by atoms with Gasteiger partial charge in [-0.2, -0.15) is 0 Å². The van der Waals surface area contributed by atoms with Crippen LogP contribution in [0.4, 0.5) is 0 Å². The van der Waals surface area contributed by atoms with Crippen LogP contribution >= 0.6 is 0 Å². The Morgan fingerprint density at radius 3 is 2.70 bits per heavy atom. The predicted molar refractivity (Wildman–Crippen MR) is 105 cm³/mol. The highest BCUT2D eigenvalue weighted by Crippen LogP contribution is 2.27. The smallest absolute Gasteiger partial charge is 0.306 e. The molecule has 0 saturated carbocycles. The summed E-state index contributed by atoms with van der Waals surface area (Å²) in [4.78, 5) is 15.8. The Morgan fingerprint density at radius 1 is 1.07 bits per heavy atom. The largest absolute Gasteiger partial charge is 0.334 e. The minimum atomic E-state index is 0.0182. The molecular weight excluding hydrogens is 340 g/mol. The Bertz CT molecular complexity index is 1190. The van der Waals surface area contributed by atoms with Crippen LogP contribution < -0.4 is 5.69 Å². The molecule has 7 nitrogen and oxygen atoms in total. The molecule has 27 heavy (non-hydrogen) atoms. The lowest BCUT2D eigenvalue weighted by atomic mass is 10.0. The van der Waals surface area contributed by atoms with Gasteiger partial charge in [0.1, 0.15) is 0 Å². The van der Waals surface area contributed by atoms with Crippen molar-refractivity contribution in [3.05, 3.63) is 58.8 Å². The molecule has 0 radical (unpaired) electrons. The molecule has 138 valence electrons. The highest BCUT2D eigenvalue weighted by atomic mass is 16.1. The lowest BCUT2D eigenvalue weighted by molar-refractivity contribution is 0.221. The summed E-state index contributed by atoms with van der Waals surface area (Å²) in [5.41, 5.74) is 4.83. The average molecular weight is 362 g/mol. The van der Waals surface area contributed by atoms with Crippen LogP contribution in [0.3, 0.4) is 0 Å². The summed E-state index contributed by atoms with van der Waals surface area (Å²) in [6, 6.07) is 10.4. The first-order chi connectivity index (χ1) is 13.1. The van der Waals surface area contributed by atoms with Gasteiger partial charge in [-0.25, -0.2) is 9.31 Å². The van der Waals surface area contributed by atoms with Crippen molar-refractivity contribution in [1.29, 1.82) is 0 Å². The summed E-state index contributed by atoms with van der Waals surface area (Å²) in [5, 5.41) is 8.01. The average Bonchev–Trinajstić information content (AvgIpc) is 3.23. The molecule has 3 aromatic heterocycles. The van der Waals surface area contributed by atoms with Gasteiger partial charge in [0.25, 0.3) is 0 Å². The number of piperidine rings is 1. The van der Waals surface area contributed by atoms with Crippen LogP contribution in [0.25, 0.3) is 22.2 Å². The lowest BCUT2D eigenvalue weighted by Gasteiger charge is -2.29. The molecule has 1 fully saturated rings. The summed E-state index contributed by atoms with van der Waals surface area (Å²) >= 11 is 0. The number of likely N-dealkylation sites (tertiary alicyclic amines) is 1. The van der Waals surface area contributed by atoms with Crippen LogP contribution in [0.1, 0.15) is 24.4 Å². The Balaban J connectivity index is 1.75. The zero-order valence-electron chi connectivity index (χ0n) is 15.5. The molecule has 7 heteroatoms. The Morgan fingerprint density at radius 2 is 1.89 bits per heavy atom. The van der Waals surface area contributed by atoms with Crippen molar-refractivity contribution in [2.45, 2.75) is 25.8 Å².